The second kappa shape index (κ2) is 9.40. The van der Waals surface area contributed by atoms with Gasteiger partial charge in [0.15, 0.2) is 5.13 Å². The third-order valence-electron chi connectivity index (χ3n) is 5.02. The monoisotopic (exact) mass is 454 g/mol. The molecule has 7 nitrogen and oxygen atoms in total. The largest absolute Gasteiger partial charge is 0.330 e. The van der Waals surface area contributed by atoms with E-state index in [2.05, 4.69) is 15.6 Å². The molecule has 0 spiro atoms. The molecular formula is C22H22N4O3S2. The Kier molecular flexibility index (Phi) is 6.43. The first-order valence-corrected chi connectivity index (χ1v) is 11.7. The Hall–Kier alpha value is -3.04. The number of amides is 3. The van der Waals surface area contributed by atoms with Crippen LogP contribution in [-0.4, -0.2) is 40.2 Å². The lowest BCUT2D eigenvalue weighted by molar-refractivity contribution is -0.136. The van der Waals surface area contributed by atoms with Crippen LogP contribution in [0.3, 0.4) is 0 Å². The minimum Gasteiger partial charge on any atom is -0.330 e. The number of hydrogen-bond donors (Lipinski definition) is 2. The third kappa shape index (κ3) is 5.18. The molecule has 1 aliphatic rings. The Morgan fingerprint density at radius 3 is 2.65 bits per heavy atom. The molecule has 3 amide bonds. The molecule has 1 saturated heterocycles. The van der Waals surface area contributed by atoms with Gasteiger partial charge in [-0.05, 0) is 36.4 Å². The smallest absolute Gasteiger partial charge is 0.248 e. The van der Waals surface area contributed by atoms with E-state index in [0.717, 1.165) is 22.6 Å². The minimum atomic E-state index is -0.461. The summed E-state index contributed by atoms with van der Waals surface area (Å²) in [5, 5.41) is 9.93. The number of nitrogens with one attached hydrogen (secondary N) is 2. The number of nitrogens with zero attached hydrogens (tertiary/aromatic N) is 2. The number of anilines is 2. The number of aromatic nitrogens is 1. The SMILES string of the molecule is CC(=O)Nc1ccc(-c2csc(NC(=O)C3CCCN3C(=O)Cc3cccs3)n2)cc1. The van der Waals surface area contributed by atoms with E-state index in [0.29, 0.717) is 30.2 Å². The number of likely N-dealkylation sites (tertiary alicyclic amines) is 1. The standard InChI is InChI=1S/C22H22N4O3S2/c1-14(27)23-16-8-6-15(7-9-16)18-13-31-22(24-18)25-21(29)19-5-2-10-26(19)20(28)12-17-4-3-11-30-17/h3-4,6-9,11,13,19H,2,5,10,12H2,1H3,(H,23,27)(H,24,25,29). The van der Waals surface area contributed by atoms with Gasteiger partial charge < -0.3 is 15.5 Å². The van der Waals surface area contributed by atoms with Gasteiger partial charge >= 0.3 is 0 Å². The summed E-state index contributed by atoms with van der Waals surface area (Å²) in [6.07, 6.45) is 1.81. The summed E-state index contributed by atoms with van der Waals surface area (Å²) in [5.74, 6) is -0.334. The summed E-state index contributed by atoms with van der Waals surface area (Å²) in [6, 6.07) is 10.8. The molecular weight excluding hydrogens is 432 g/mol. The van der Waals surface area contributed by atoms with Gasteiger partial charge in [0.05, 0.1) is 12.1 Å². The maximum absolute atomic E-state index is 12.8. The molecule has 0 bridgehead atoms. The van der Waals surface area contributed by atoms with Crippen LogP contribution in [0.5, 0.6) is 0 Å². The van der Waals surface area contributed by atoms with Gasteiger partial charge in [-0.1, -0.05) is 18.2 Å². The van der Waals surface area contributed by atoms with Crippen molar-refractivity contribution in [3.8, 4) is 11.3 Å². The molecule has 9 heteroatoms. The van der Waals surface area contributed by atoms with Gasteiger partial charge in [0, 0.05) is 35.0 Å². The molecule has 160 valence electrons. The second-order valence-corrected chi connectivity index (χ2v) is 9.18. The number of benzene rings is 1. The second-order valence-electron chi connectivity index (χ2n) is 7.29. The molecule has 31 heavy (non-hydrogen) atoms. The molecule has 3 aromatic rings. The molecule has 3 heterocycles. The van der Waals surface area contributed by atoms with E-state index in [9.17, 15) is 14.4 Å². The molecule has 2 N–H and O–H groups in total. The van der Waals surface area contributed by atoms with E-state index in [-0.39, 0.29) is 17.7 Å². The highest BCUT2D eigenvalue weighted by atomic mass is 32.1. The fourth-order valence-electron chi connectivity index (χ4n) is 3.58. The first-order valence-electron chi connectivity index (χ1n) is 9.96. The average Bonchev–Trinajstić information content (AvgIpc) is 3.50. The number of thiazole rings is 1. The van der Waals surface area contributed by atoms with Crippen molar-refractivity contribution in [2.45, 2.75) is 32.2 Å². The predicted octanol–water partition coefficient (Wildman–Crippen LogP) is 4.00. The van der Waals surface area contributed by atoms with Crippen molar-refractivity contribution in [2.75, 3.05) is 17.2 Å². The van der Waals surface area contributed by atoms with Crippen molar-refractivity contribution in [1.29, 1.82) is 0 Å². The van der Waals surface area contributed by atoms with Crippen molar-refractivity contribution < 1.29 is 14.4 Å². The predicted molar refractivity (Wildman–Crippen MR) is 123 cm³/mol. The lowest BCUT2D eigenvalue weighted by Crippen LogP contribution is -2.43. The van der Waals surface area contributed by atoms with Crippen LogP contribution in [0.4, 0.5) is 10.8 Å². The molecule has 1 atom stereocenters. The molecule has 1 unspecified atom stereocenters. The van der Waals surface area contributed by atoms with Gasteiger partial charge in [0.25, 0.3) is 0 Å². The highest BCUT2D eigenvalue weighted by molar-refractivity contribution is 7.14. The first-order chi connectivity index (χ1) is 15.0. The van der Waals surface area contributed by atoms with Crippen molar-refractivity contribution in [2.24, 2.45) is 0 Å². The summed E-state index contributed by atoms with van der Waals surface area (Å²) >= 11 is 2.89. The van der Waals surface area contributed by atoms with Crippen LogP contribution < -0.4 is 10.6 Å². The number of carbonyl (C=O) groups is 3. The van der Waals surface area contributed by atoms with E-state index in [1.54, 1.807) is 16.2 Å². The maximum Gasteiger partial charge on any atom is 0.248 e. The molecule has 0 saturated carbocycles. The van der Waals surface area contributed by atoms with Crippen LogP contribution in [0.1, 0.15) is 24.6 Å². The van der Waals surface area contributed by atoms with Crippen LogP contribution in [-0.2, 0) is 20.8 Å². The lowest BCUT2D eigenvalue weighted by Gasteiger charge is -2.23. The van der Waals surface area contributed by atoms with Gasteiger partial charge in [-0.3, -0.25) is 14.4 Å². The summed E-state index contributed by atoms with van der Waals surface area (Å²) in [4.78, 5) is 43.9. The van der Waals surface area contributed by atoms with E-state index in [4.69, 9.17) is 0 Å². The average molecular weight is 455 g/mol. The topological polar surface area (TPSA) is 91.4 Å². The van der Waals surface area contributed by atoms with Crippen molar-refractivity contribution >= 4 is 51.2 Å². The number of rotatable bonds is 6. The Morgan fingerprint density at radius 1 is 1.13 bits per heavy atom. The third-order valence-corrected chi connectivity index (χ3v) is 6.65. The highest BCUT2D eigenvalue weighted by Crippen LogP contribution is 2.27. The molecule has 4 rings (SSSR count). The Morgan fingerprint density at radius 2 is 1.94 bits per heavy atom. The van der Waals surface area contributed by atoms with E-state index in [1.807, 2.05) is 47.2 Å². The maximum atomic E-state index is 12.8. The van der Waals surface area contributed by atoms with Crippen LogP contribution in [0.25, 0.3) is 11.3 Å². The zero-order valence-electron chi connectivity index (χ0n) is 17.0. The molecule has 1 fully saturated rings. The molecule has 0 radical (unpaired) electrons. The molecule has 1 aromatic carbocycles. The summed E-state index contributed by atoms with van der Waals surface area (Å²) in [7, 11) is 0. The van der Waals surface area contributed by atoms with Crippen LogP contribution in [0.2, 0.25) is 0 Å². The summed E-state index contributed by atoms with van der Waals surface area (Å²) in [5.41, 5.74) is 2.35. The zero-order chi connectivity index (χ0) is 21.8. The fourth-order valence-corrected chi connectivity index (χ4v) is 5.00. The molecule has 2 aromatic heterocycles. The Bertz CT molecular complexity index is 1080. The van der Waals surface area contributed by atoms with Crippen molar-refractivity contribution in [3.63, 3.8) is 0 Å². The number of hydrogen-bond acceptors (Lipinski definition) is 6. The number of carbonyl (C=O) groups excluding carboxylic acids is 3. The van der Waals surface area contributed by atoms with Crippen LogP contribution in [0, 0.1) is 0 Å². The van der Waals surface area contributed by atoms with Crippen molar-refractivity contribution in [1.82, 2.24) is 9.88 Å². The number of thiophene rings is 1. The fraction of sp³-hybridized carbons (Fsp3) is 0.273. The summed E-state index contributed by atoms with van der Waals surface area (Å²) in [6.45, 7) is 2.07. The van der Waals surface area contributed by atoms with E-state index >= 15 is 0 Å². The Labute approximate surface area is 188 Å². The summed E-state index contributed by atoms with van der Waals surface area (Å²) < 4.78 is 0. The first kappa shape index (κ1) is 21.2. The van der Waals surface area contributed by atoms with E-state index < -0.39 is 6.04 Å². The molecule has 1 aliphatic heterocycles. The van der Waals surface area contributed by atoms with Gasteiger partial charge in [-0.15, -0.1) is 22.7 Å². The normalized spacial score (nSPS) is 15.6. The minimum absolute atomic E-state index is 0.0146. The van der Waals surface area contributed by atoms with E-state index in [1.165, 1.54) is 18.3 Å². The van der Waals surface area contributed by atoms with Gasteiger partial charge in [0.1, 0.15) is 6.04 Å². The van der Waals surface area contributed by atoms with Gasteiger partial charge in [0.2, 0.25) is 17.7 Å². The molecule has 0 aliphatic carbocycles. The zero-order valence-corrected chi connectivity index (χ0v) is 18.6. The Balaban J connectivity index is 1.39. The highest BCUT2D eigenvalue weighted by Gasteiger charge is 2.34. The quantitative estimate of drug-likeness (QED) is 0.589. The lowest BCUT2D eigenvalue weighted by atomic mass is 10.1. The van der Waals surface area contributed by atoms with Gasteiger partial charge in [-0.25, -0.2) is 4.98 Å². The van der Waals surface area contributed by atoms with Gasteiger partial charge in [-0.2, -0.15) is 0 Å². The van der Waals surface area contributed by atoms with Crippen LogP contribution in [0.15, 0.2) is 47.2 Å². The van der Waals surface area contributed by atoms with Crippen molar-refractivity contribution in [3.05, 3.63) is 52.0 Å². The van der Waals surface area contributed by atoms with Crippen LogP contribution >= 0.6 is 22.7 Å².